The molecule has 1 nitrogen and oxygen atoms in total. The summed E-state index contributed by atoms with van der Waals surface area (Å²) in [7, 11) is 0. The van der Waals surface area contributed by atoms with Gasteiger partial charge in [-0.25, -0.2) is 0 Å². The summed E-state index contributed by atoms with van der Waals surface area (Å²) in [6, 6.07) is 8.86. The number of halogens is 1. The van der Waals surface area contributed by atoms with E-state index in [9.17, 15) is 0 Å². The zero-order valence-corrected chi connectivity index (χ0v) is 11.6. The number of rotatable bonds is 3. The van der Waals surface area contributed by atoms with Gasteiger partial charge in [-0.1, -0.05) is 48.8 Å². The van der Waals surface area contributed by atoms with E-state index in [1.165, 1.54) is 5.56 Å². The zero-order chi connectivity index (χ0) is 11.5. The highest BCUT2D eigenvalue weighted by molar-refractivity contribution is 9.10. The Labute approximate surface area is 101 Å². The van der Waals surface area contributed by atoms with Crippen LogP contribution in [0.25, 0.3) is 0 Å². The summed E-state index contributed by atoms with van der Waals surface area (Å²) in [5.74, 6) is 0. The van der Waals surface area contributed by atoms with Gasteiger partial charge in [0.25, 0.3) is 0 Å². The van der Waals surface area contributed by atoms with Gasteiger partial charge in [-0.3, -0.25) is 0 Å². The van der Waals surface area contributed by atoms with Crippen molar-refractivity contribution in [2.45, 2.75) is 33.7 Å². The summed E-state index contributed by atoms with van der Waals surface area (Å²) in [6.45, 7) is 9.96. The van der Waals surface area contributed by atoms with Crippen LogP contribution in [0.2, 0.25) is 0 Å². The molecular weight excluding hydrogens is 250 g/mol. The van der Waals surface area contributed by atoms with E-state index in [2.05, 4.69) is 73.2 Å². The lowest BCUT2D eigenvalue weighted by Crippen LogP contribution is -2.29. The van der Waals surface area contributed by atoms with Crippen molar-refractivity contribution in [1.82, 2.24) is 5.32 Å². The van der Waals surface area contributed by atoms with Crippen molar-refractivity contribution in [3.63, 3.8) is 0 Å². The van der Waals surface area contributed by atoms with Crippen LogP contribution in [-0.2, 0) is 0 Å². The summed E-state index contributed by atoms with van der Waals surface area (Å²) in [5, 5.41) is 3.55. The van der Waals surface area contributed by atoms with E-state index in [4.69, 9.17) is 0 Å². The Balaban J connectivity index is 2.58. The first-order chi connectivity index (χ1) is 6.88. The molecular formula is C13H20BrN. The van der Waals surface area contributed by atoms with Gasteiger partial charge in [0.2, 0.25) is 0 Å². The average molecular weight is 270 g/mol. The maximum absolute atomic E-state index is 3.55. The van der Waals surface area contributed by atoms with Crippen molar-refractivity contribution < 1.29 is 0 Å². The third kappa shape index (κ3) is 4.80. The number of hydrogen-bond donors (Lipinski definition) is 1. The minimum Gasteiger partial charge on any atom is -0.310 e. The van der Waals surface area contributed by atoms with Crippen molar-refractivity contribution in [1.29, 1.82) is 0 Å². The van der Waals surface area contributed by atoms with Gasteiger partial charge in [-0.05, 0) is 30.0 Å². The molecule has 1 N–H and O–H groups in total. The molecule has 1 aromatic rings. The van der Waals surface area contributed by atoms with E-state index in [-0.39, 0.29) is 0 Å². The van der Waals surface area contributed by atoms with Crippen molar-refractivity contribution in [3.8, 4) is 0 Å². The summed E-state index contributed by atoms with van der Waals surface area (Å²) < 4.78 is 1.14. The van der Waals surface area contributed by atoms with Gasteiger partial charge in [-0.2, -0.15) is 0 Å². The highest BCUT2D eigenvalue weighted by Crippen LogP contribution is 2.19. The van der Waals surface area contributed by atoms with E-state index >= 15 is 0 Å². The van der Waals surface area contributed by atoms with Crippen molar-refractivity contribution in [3.05, 3.63) is 34.3 Å². The van der Waals surface area contributed by atoms with Crippen LogP contribution in [0.15, 0.2) is 28.7 Å². The lowest BCUT2D eigenvalue weighted by Gasteiger charge is -2.23. The van der Waals surface area contributed by atoms with Gasteiger partial charge in [0.05, 0.1) is 0 Å². The van der Waals surface area contributed by atoms with Crippen molar-refractivity contribution in [2.24, 2.45) is 5.41 Å². The SMILES string of the molecule is C[C@@H](NCC(C)(C)C)c1cccc(Br)c1. The molecule has 1 aromatic carbocycles. The molecule has 1 atom stereocenters. The van der Waals surface area contributed by atoms with Gasteiger partial charge >= 0.3 is 0 Å². The second kappa shape index (κ2) is 5.13. The van der Waals surface area contributed by atoms with Crippen LogP contribution in [0.1, 0.15) is 39.3 Å². The van der Waals surface area contributed by atoms with Gasteiger partial charge in [0.15, 0.2) is 0 Å². The smallest absolute Gasteiger partial charge is 0.0292 e. The quantitative estimate of drug-likeness (QED) is 0.870. The monoisotopic (exact) mass is 269 g/mol. The van der Waals surface area contributed by atoms with E-state index in [1.54, 1.807) is 0 Å². The van der Waals surface area contributed by atoms with Gasteiger partial charge < -0.3 is 5.32 Å². The van der Waals surface area contributed by atoms with E-state index < -0.39 is 0 Å². The first kappa shape index (κ1) is 12.7. The second-order valence-electron chi connectivity index (χ2n) is 5.22. The molecule has 0 aliphatic heterocycles. The number of benzene rings is 1. The van der Waals surface area contributed by atoms with E-state index in [1.807, 2.05) is 0 Å². The normalized spacial score (nSPS) is 13.9. The topological polar surface area (TPSA) is 12.0 Å². The molecule has 84 valence electrons. The molecule has 0 amide bonds. The summed E-state index contributed by atoms with van der Waals surface area (Å²) in [6.07, 6.45) is 0. The maximum Gasteiger partial charge on any atom is 0.0292 e. The molecule has 0 aliphatic carbocycles. The van der Waals surface area contributed by atoms with Gasteiger partial charge in [-0.15, -0.1) is 0 Å². The average Bonchev–Trinajstić information content (AvgIpc) is 2.13. The fourth-order valence-electron chi connectivity index (χ4n) is 1.35. The Bertz CT molecular complexity index is 315. The van der Waals surface area contributed by atoms with E-state index in [0.29, 0.717) is 11.5 Å². The van der Waals surface area contributed by atoms with Crippen LogP contribution in [0, 0.1) is 5.41 Å². The van der Waals surface area contributed by atoms with Crippen molar-refractivity contribution >= 4 is 15.9 Å². The van der Waals surface area contributed by atoms with Crippen LogP contribution >= 0.6 is 15.9 Å². The highest BCUT2D eigenvalue weighted by Gasteiger charge is 2.12. The molecule has 0 spiro atoms. The van der Waals surface area contributed by atoms with E-state index in [0.717, 1.165) is 11.0 Å². The van der Waals surface area contributed by atoms with Crippen molar-refractivity contribution in [2.75, 3.05) is 6.54 Å². The fraction of sp³-hybridized carbons (Fsp3) is 0.538. The molecule has 0 aliphatic rings. The predicted octanol–water partition coefficient (Wildman–Crippen LogP) is 4.15. The molecule has 0 bridgehead atoms. The first-order valence-electron chi connectivity index (χ1n) is 5.37. The lowest BCUT2D eigenvalue weighted by molar-refractivity contribution is 0.359. The van der Waals surface area contributed by atoms with Crippen LogP contribution in [-0.4, -0.2) is 6.54 Å². The Morgan fingerprint density at radius 2 is 2.00 bits per heavy atom. The molecule has 0 aromatic heterocycles. The maximum atomic E-state index is 3.55. The predicted molar refractivity (Wildman–Crippen MR) is 70.0 cm³/mol. The van der Waals surface area contributed by atoms with Crippen LogP contribution in [0.5, 0.6) is 0 Å². The second-order valence-corrected chi connectivity index (χ2v) is 6.13. The summed E-state index contributed by atoms with van der Waals surface area (Å²) >= 11 is 3.49. The summed E-state index contributed by atoms with van der Waals surface area (Å²) in [5.41, 5.74) is 1.66. The highest BCUT2D eigenvalue weighted by atomic mass is 79.9. The molecule has 0 unspecified atom stereocenters. The number of hydrogen-bond acceptors (Lipinski definition) is 1. The molecule has 0 radical (unpaired) electrons. The largest absolute Gasteiger partial charge is 0.310 e. The molecule has 0 saturated carbocycles. The molecule has 0 fully saturated rings. The third-order valence-corrected chi connectivity index (χ3v) is 2.78. The third-order valence-electron chi connectivity index (χ3n) is 2.29. The molecule has 2 heteroatoms. The Hall–Kier alpha value is -0.340. The van der Waals surface area contributed by atoms with Crippen LogP contribution in [0.3, 0.4) is 0 Å². The first-order valence-corrected chi connectivity index (χ1v) is 6.17. The molecule has 1 rings (SSSR count). The lowest BCUT2D eigenvalue weighted by atomic mass is 9.96. The minimum absolute atomic E-state index is 0.334. The molecule has 15 heavy (non-hydrogen) atoms. The Morgan fingerprint density at radius 3 is 2.53 bits per heavy atom. The molecule has 0 saturated heterocycles. The Kier molecular flexibility index (Phi) is 4.35. The Morgan fingerprint density at radius 1 is 1.33 bits per heavy atom. The van der Waals surface area contributed by atoms with Gasteiger partial charge in [0.1, 0.15) is 0 Å². The minimum atomic E-state index is 0.334. The zero-order valence-electron chi connectivity index (χ0n) is 9.97. The molecule has 0 heterocycles. The fourth-order valence-corrected chi connectivity index (χ4v) is 1.77. The van der Waals surface area contributed by atoms with Gasteiger partial charge in [0, 0.05) is 17.1 Å². The summed E-state index contributed by atoms with van der Waals surface area (Å²) in [4.78, 5) is 0. The van der Waals surface area contributed by atoms with Crippen LogP contribution in [0.4, 0.5) is 0 Å². The number of nitrogens with one attached hydrogen (secondary N) is 1. The van der Waals surface area contributed by atoms with Crippen LogP contribution < -0.4 is 5.32 Å². The standard InChI is InChI=1S/C13H20BrN/c1-10(15-9-13(2,3)4)11-6-5-7-12(14)8-11/h5-8,10,15H,9H2,1-4H3/t10-/m1/s1.